The van der Waals surface area contributed by atoms with Crippen LogP contribution in [-0.2, 0) is 15.8 Å². The van der Waals surface area contributed by atoms with Crippen LogP contribution in [0, 0.1) is 5.92 Å². The van der Waals surface area contributed by atoms with E-state index in [-0.39, 0.29) is 5.75 Å². The molecule has 1 atom stereocenters. The predicted octanol–water partition coefficient (Wildman–Crippen LogP) is 2.39. The van der Waals surface area contributed by atoms with Crippen molar-refractivity contribution in [1.82, 2.24) is 4.31 Å². The Hall–Kier alpha value is -0.870. The summed E-state index contributed by atoms with van der Waals surface area (Å²) in [4.78, 5) is 0. The summed E-state index contributed by atoms with van der Waals surface area (Å²) in [6.07, 6.45) is 4.50. The molecule has 1 aromatic carbocycles. The zero-order valence-electron chi connectivity index (χ0n) is 10.5. The Kier molecular flexibility index (Phi) is 3.16. The van der Waals surface area contributed by atoms with Crippen LogP contribution in [-0.4, -0.2) is 25.3 Å². The van der Waals surface area contributed by atoms with E-state index in [0.29, 0.717) is 12.0 Å². The van der Waals surface area contributed by atoms with E-state index in [1.807, 2.05) is 30.3 Å². The van der Waals surface area contributed by atoms with Crippen LogP contribution in [0.15, 0.2) is 30.3 Å². The molecular weight excluding hydrogens is 246 g/mol. The molecule has 3 rings (SSSR count). The highest BCUT2D eigenvalue weighted by Crippen LogP contribution is 2.41. The summed E-state index contributed by atoms with van der Waals surface area (Å²) in [6, 6.07) is 9.78. The maximum absolute atomic E-state index is 12.5. The van der Waals surface area contributed by atoms with Crippen LogP contribution in [0.1, 0.15) is 31.2 Å². The molecule has 2 aliphatic rings. The molecule has 0 N–H and O–H groups in total. The highest BCUT2D eigenvalue weighted by molar-refractivity contribution is 7.88. The lowest BCUT2D eigenvalue weighted by Crippen LogP contribution is -2.37. The summed E-state index contributed by atoms with van der Waals surface area (Å²) in [6.45, 7) is 0.719. The van der Waals surface area contributed by atoms with E-state index in [9.17, 15) is 8.42 Å². The third-order valence-electron chi connectivity index (χ3n) is 3.96. The van der Waals surface area contributed by atoms with Crippen LogP contribution in [0.4, 0.5) is 0 Å². The summed E-state index contributed by atoms with van der Waals surface area (Å²) >= 11 is 0. The number of rotatable bonds is 4. The SMILES string of the molecule is O=S(=O)(Cc1ccccc1)N1CCCC1C1CC1. The summed E-state index contributed by atoms with van der Waals surface area (Å²) < 4.78 is 26.7. The molecule has 1 aromatic rings. The molecule has 1 heterocycles. The van der Waals surface area contributed by atoms with Crippen molar-refractivity contribution in [2.75, 3.05) is 6.54 Å². The number of hydrogen-bond acceptors (Lipinski definition) is 2. The number of sulfonamides is 1. The predicted molar refractivity (Wildman–Crippen MR) is 71.5 cm³/mol. The van der Waals surface area contributed by atoms with Gasteiger partial charge in [-0.15, -0.1) is 0 Å². The van der Waals surface area contributed by atoms with Gasteiger partial charge in [-0.3, -0.25) is 0 Å². The second kappa shape index (κ2) is 4.67. The molecule has 1 aliphatic carbocycles. The van der Waals surface area contributed by atoms with Gasteiger partial charge in [-0.2, -0.15) is 4.31 Å². The Morgan fingerprint density at radius 2 is 1.83 bits per heavy atom. The van der Waals surface area contributed by atoms with Crippen molar-refractivity contribution in [3.05, 3.63) is 35.9 Å². The van der Waals surface area contributed by atoms with E-state index < -0.39 is 10.0 Å². The van der Waals surface area contributed by atoms with Gasteiger partial charge in [0.25, 0.3) is 0 Å². The van der Waals surface area contributed by atoms with Gasteiger partial charge in [0.1, 0.15) is 0 Å². The molecule has 1 saturated heterocycles. The molecule has 18 heavy (non-hydrogen) atoms. The summed E-state index contributed by atoms with van der Waals surface area (Å²) in [7, 11) is -3.13. The minimum atomic E-state index is -3.13. The molecule has 1 saturated carbocycles. The lowest BCUT2D eigenvalue weighted by Gasteiger charge is -2.23. The first-order chi connectivity index (χ1) is 8.67. The van der Waals surface area contributed by atoms with E-state index in [4.69, 9.17) is 0 Å². The zero-order valence-corrected chi connectivity index (χ0v) is 11.3. The van der Waals surface area contributed by atoms with Gasteiger partial charge in [0.15, 0.2) is 0 Å². The van der Waals surface area contributed by atoms with Crippen molar-refractivity contribution < 1.29 is 8.42 Å². The molecule has 4 heteroatoms. The monoisotopic (exact) mass is 265 g/mol. The number of benzene rings is 1. The fourth-order valence-corrected chi connectivity index (χ4v) is 4.81. The van der Waals surface area contributed by atoms with Gasteiger partial charge in [-0.25, -0.2) is 8.42 Å². The molecular formula is C14H19NO2S. The quantitative estimate of drug-likeness (QED) is 0.838. The average molecular weight is 265 g/mol. The van der Waals surface area contributed by atoms with E-state index in [0.717, 1.165) is 24.9 Å². The van der Waals surface area contributed by atoms with Crippen LogP contribution >= 0.6 is 0 Å². The summed E-state index contributed by atoms with van der Waals surface area (Å²) in [5.41, 5.74) is 0.888. The van der Waals surface area contributed by atoms with Crippen molar-refractivity contribution in [3.63, 3.8) is 0 Å². The second-order valence-corrected chi connectivity index (χ2v) is 7.32. The van der Waals surface area contributed by atoms with Crippen LogP contribution in [0.2, 0.25) is 0 Å². The molecule has 1 aliphatic heterocycles. The van der Waals surface area contributed by atoms with Crippen molar-refractivity contribution >= 4 is 10.0 Å². The summed E-state index contributed by atoms with van der Waals surface area (Å²) in [5.74, 6) is 0.787. The normalized spacial score (nSPS) is 25.4. The van der Waals surface area contributed by atoms with Crippen molar-refractivity contribution in [1.29, 1.82) is 0 Å². The first kappa shape index (κ1) is 12.2. The molecule has 1 unspecified atom stereocenters. The third-order valence-corrected chi connectivity index (χ3v) is 5.83. The Morgan fingerprint density at radius 1 is 1.11 bits per heavy atom. The van der Waals surface area contributed by atoms with E-state index in [1.165, 1.54) is 12.8 Å². The minimum absolute atomic E-state index is 0.150. The average Bonchev–Trinajstić information content (AvgIpc) is 3.07. The summed E-state index contributed by atoms with van der Waals surface area (Å²) in [5, 5.41) is 0. The van der Waals surface area contributed by atoms with Gasteiger partial charge in [-0.05, 0) is 37.2 Å². The van der Waals surface area contributed by atoms with E-state index in [2.05, 4.69) is 0 Å². The smallest absolute Gasteiger partial charge is 0.212 e. The Bertz CT molecular complexity index is 508. The molecule has 0 bridgehead atoms. The fourth-order valence-electron chi connectivity index (χ4n) is 2.93. The second-order valence-electron chi connectivity index (χ2n) is 5.40. The van der Waals surface area contributed by atoms with Gasteiger partial charge in [-0.1, -0.05) is 30.3 Å². The maximum atomic E-state index is 12.5. The van der Waals surface area contributed by atoms with E-state index in [1.54, 1.807) is 4.31 Å². The van der Waals surface area contributed by atoms with Gasteiger partial charge < -0.3 is 0 Å². The van der Waals surface area contributed by atoms with Gasteiger partial charge in [0.2, 0.25) is 10.0 Å². The Morgan fingerprint density at radius 3 is 2.50 bits per heavy atom. The molecule has 98 valence electrons. The zero-order chi connectivity index (χ0) is 12.6. The minimum Gasteiger partial charge on any atom is -0.212 e. The van der Waals surface area contributed by atoms with Crippen LogP contribution in [0.25, 0.3) is 0 Å². The molecule has 0 amide bonds. The maximum Gasteiger partial charge on any atom is 0.218 e. The third kappa shape index (κ3) is 2.45. The molecule has 0 radical (unpaired) electrons. The fraction of sp³-hybridized carbons (Fsp3) is 0.571. The largest absolute Gasteiger partial charge is 0.218 e. The van der Waals surface area contributed by atoms with Crippen molar-refractivity contribution in [3.8, 4) is 0 Å². The first-order valence-corrected chi connectivity index (χ1v) is 8.31. The van der Waals surface area contributed by atoms with Gasteiger partial charge in [0, 0.05) is 12.6 Å². The van der Waals surface area contributed by atoms with Crippen molar-refractivity contribution in [2.24, 2.45) is 5.92 Å². The van der Waals surface area contributed by atoms with Gasteiger partial charge >= 0.3 is 0 Å². The van der Waals surface area contributed by atoms with Crippen LogP contribution in [0.3, 0.4) is 0 Å². The molecule has 0 spiro atoms. The van der Waals surface area contributed by atoms with Crippen molar-refractivity contribution in [2.45, 2.75) is 37.5 Å². The standard InChI is InChI=1S/C14H19NO2S/c16-18(17,11-12-5-2-1-3-6-12)15-10-4-7-14(15)13-8-9-13/h1-3,5-6,13-14H,4,7-11H2. The Labute approximate surface area is 109 Å². The highest BCUT2D eigenvalue weighted by atomic mass is 32.2. The van der Waals surface area contributed by atoms with Gasteiger partial charge in [0.05, 0.1) is 5.75 Å². The lowest BCUT2D eigenvalue weighted by molar-refractivity contribution is 0.356. The van der Waals surface area contributed by atoms with Crippen LogP contribution < -0.4 is 0 Å². The molecule has 0 aromatic heterocycles. The molecule has 2 fully saturated rings. The lowest BCUT2D eigenvalue weighted by atomic mass is 10.1. The van der Waals surface area contributed by atoms with E-state index >= 15 is 0 Å². The molecule has 3 nitrogen and oxygen atoms in total. The first-order valence-electron chi connectivity index (χ1n) is 6.70. The number of hydrogen-bond donors (Lipinski definition) is 0. The topological polar surface area (TPSA) is 37.4 Å². The van der Waals surface area contributed by atoms with Crippen LogP contribution in [0.5, 0.6) is 0 Å². The highest BCUT2D eigenvalue weighted by Gasteiger charge is 2.42. The Balaban J connectivity index is 1.77. The number of nitrogens with zero attached hydrogens (tertiary/aromatic N) is 1.